The Balaban J connectivity index is 2.11. The third kappa shape index (κ3) is 2.23. The molecule has 1 amide bonds. The van der Waals surface area contributed by atoms with E-state index in [0.717, 1.165) is 16.5 Å². The van der Waals surface area contributed by atoms with E-state index >= 15 is 0 Å². The Kier molecular flexibility index (Phi) is 3.11. The first-order valence-electron chi connectivity index (χ1n) is 4.59. The largest absolute Gasteiger partial charge is 0.286 e. The van der Waals surface area contributed by atoms with E-state index in [2.05, 4.69) is 17.0 Å². The molecule has 0 spiro atoms. The lowest BCUT2D eigenvalue weighted by Crippen LogP contribution is -2.33. The normalized spacial score (nSPS) is 20.2. The van der Waals surface area contributed by atoms with Gasteiger partial charge >= 0.3 is 0 Å². The van der Waals surface area contributed by atoms with Gasteiger partial charge in [0, 0.05) is 0 Å². The number of amides is 1. The molecule has 7 heteroatoms. The maximum absolute atomic E-state index is 11.1. The van der Waals surface area contributed by atoms with Crippen molar-refractivity contribution >= 4 is 44.8 Å². The van der Waals surface area contributed by atoms with Gasteiger partial charge in [0.2, 0.25) is 5.17 Å². The first-order chi connectivity index (χ1) is 7.20. The van der Waals surface area contributed by atoms with Gasteiger partial charge in [-0.1, -0.05) is 18.7 Å². The number of carbonyl (C=O) groups excluding carboxylic acids is 1. The van der Waals surface area contributed by atoms with Crippen LogP contribution in [-0.4, -0.2) is 32.0 Å². The molecule has 0 saturated carbocycles. The monoisotopic (exact) mass is 242 g/mol. The van der Waals surface area contributed by atoms with Gasteiger partial charge in [0.15, 0.2) is 4.38 Å². The number of thioether (sulfide) groups is 2. The van der Waals surface area contributed by atoms with Crippen LogP contribution in [0.1, 0.15) is 19.8 Å². The zero-order chi connectivity index (χ0) is 10.8. The van der Waals surface area contributed by atoms with Crippen LogP contribution in [0.5, 0.6) is 0 Å². The second kappa shape index (κ2) is 4.36. The summed E-state index contributed by atoms with van der Waals surface area (Å²) in [5.41, 5.74) is 0. The van der Waals surface area contributed by atoms with Crippen molar-refractivity contribution in [2.75, 3.05) is 5.75 Å². The molecular formula is C8H10N4OS2. The molecule has 80 valence electrons. The lowest BCUT2D eigenvalue weighted by molar-refractivity contribution is -0.117. The van der Waals surface area contributed by atoms with Crippen molar-refractivity contribution in [2.24, 2.45) is 10.1 Å². The SMILES string of the molecule is CCCSC1=NN2C(=N)CC(=O)N=C2S1. The Morgan fingerprint density at radius 2 is 2.47 bits per heavy atom. The maximum atomic E-state index is 11.1. The van der Waals surface area contributed by atoms with Crippen LogP contribution in [-0.2, 0) is 4.79 Å². The fourth-order valence-corrected chi connectivity index (χ4v) is 3.02. The summed E-state index contributed by atoms with van der Waals surface area (Å²) in [6.07, 6.45) is 1.13. The molecule has 0 unspecified atom stereocenters. The van der Waals surface area contributed by atoms with Gasteiger partial charge in [-0.25, -0.2) is 0 Å². The molecular weight excluding hydrogens is 232 g/mol. The Morgan fingerprint density at radius 1 is 1.67 bits per heavy atom. The average Bonchev–Trinajstić information content (AvgIpc) is 2.57. The molecule has 0 saturated heterocycles. The summed E-state index contributed by atoms with van der Waals surface area (Å²) in [5.74, 6) is 0.953. The molecule has 0 aromatic rings. The van der Waals surface area contributed by atoms with Crippen LogP contribution in [0.25, 0.3) is 0 Å². The van der Waals surface area contributed by atoms with E-state index in [1.54, 1.807) is 11.8 Å². The molecule has 5 nitrogen and oxygen atoms in total. The van der Waals surface area contributed by atoms with Gasteiger partial charge in [0.25, 0.3) is 5.91 Å². The molecule has 0 aromatic heterocycles. The molecule has 0 aromatic carbocycles. The Labute approximate surface area is 95.9 Å². The fourth-order valence-electron chi connectivity index (χ4n) is 1.12. The highest BCUT2D eigenvalue weighted by Gasteiger charge is 2.31. The fraction of sp³-hybridized carbons (Fsp3) is 0.500. The van der Waals surface area contributed by atoms with Crippen LogP contribution in [0, 0.1) is 5.41 Å². The van der Waals surface area contributed by atoms with Crippen LogP contribution in [0.4, 0.5) is 0 Å². The summed E-state index contributed by atoms with van der Waals surface area (Å²) < 4.78 is 0.870. The highest BCUT2D eigenvalue weighted by atomic mass is 32.2. The lowest BCUT2D eigenvalue weighted by atomic mass is 10.3. The number of carbonyl (C=O) groups is 1. The number of amidine groups is 2. The first kappa shape index (κ1) is 10.7. The second-order valence-electron chi connectivity index (χ2n) is 3.04. The number of hydrazone groups is 1. The number of nitrogens with zero attached hydrogens (tertiary/aromatic N) is 3. The quantitative estimate of drug-likeness (QED) is 0.800. The molecule has 0 bridgehead atoms. The van der Waals surface area contributed by atoms with Gasteiger partial charge in [-0.2, -0.15) is 15.1 Å². The number of fused-ring (bicyclic) bond motifs is 1. The standard InChI is InChI=1S/C8H10N4OS2/c1-2-3-14-8-11-12-5(9)4-6(13)10-7(12)15-8/h9H,2-4H2,1H3. The Hall–Kier alpha value is -0.820. The van der Waals surface area contributed by atoms with Gasteiger partial charge < -0.3 is 0 Å². The Bertz CT molecular complexity index is 377. The molecule has 0 atom stereocenters. The van der Waals surface area contributed by atoms with Crippen molar-refractivity contribution in [3.8, 4) is 0 Å². The highest BCUT2D eigenvalue weighted by Crippen LogP contribution is 2.30. The first-order valence-corrected chi connectivity index (χ1v) is 6.39. The van der Waals surface area contributed by atoms with Crippen LogP contribution in [0.2, 0.25) is 0 Å². The summed E-state index contributed by atoms with van der Waals surface area (Å²) in [5, 5.41) is 13.8. The molecule has 0 fully saturated rings. The van der Waals surface area contributed by atoms with Crippen molar-refractivity contribution in [2.45, 2.75) is 19.8 Å². The summed E-state index contributed by atoms with van der Waals surface area (Å²) in [4.78, 5) is 15.0. The van der Waals surface area contributed by atoms with Crippen LogP contribution in [0.3, 0.4) is 0 Å². The van der Waals surface area contributed by atoms with E-state index in [4.69, 9.17) is 5.41 Å². The van der Waals surface area contributed by atoms with E-state index < -0.39 is 0 Å². The zero-order valence-electron chi connectivity index (χ0n) is 8.19. The zero-order valence-corrected chi connectivity index (χ0v) is 9.82. The van der Waals surface area contributed by atoms with Crippen molar-refractivity contribution in [1.29, 1.82) is 5.41 Å². The summed E-state index contributed by atoms with van der Waals surface area (Å²) in [6.45, 7) is 2.10. The molecule has 2 aliphatic heterocycles. The van der Waals surface area contributed by atoms with Gasteiger partial charge in [-0.15, -0.1) is 0 Å². The predicted molar refractivity (Wildman–Crippen MR) is 64.4 cm³/mol. The lowest BCUT2D eigenvalue weighted by Gasteiger charge is -2.17. The van der Waals surface area contributed by atoms with Gasteiger partial charge in [-0.3, -0.25) is 10.2 Å². The van der Waals surface area contributed by atoms with E-state index in [0.29, 0.717) is 5.17 Å². The molecule has 0 aliphatic carbocycles. The third-order valence-corrected chi connectivity index (χ3v) is 4.01. The molecule has 2 rings (SSSR count). The summed E-state index contributed by atoms with van der Waals surface area (Å²) >= 11 is 3.01. The van der Waals surface area contributed by atoms with Gasteiger partial charge in [0.05, 0.1) is 6.42 Å². The third-order valence-electron chi connectivity index (χ3n) is 1.77. The molecule has 2 heterocycles. The molecule has 15 heavy (non-hydrogen) atoms. The number of hydrogen-bond acceptors (Lipinski definition) is 5. The number of aliphatic imine (C=N–C) groups is 1. The van der Waals surface area contributed by atoms with E-state index in [1.807, 2.05) is 0 Å². The van der Waals surface area contributed by atoms with Gasteiger partial charge in [0.1, 0.15) is 5.84 Å². The Morgan fingerprint density at radius 3 is 3.20 bits per heavy atom. The van der Waals surface area contributed by atoms with E-state index in [1.165, 1.54) is 16.8 Å². The van der Waals surface area contributed by atoms with Gasteiger partial charge in [-0.05, 0) is 23.9 Å². The van der Waals surface area contributed by atoms with Crippen LogP contribution in [0.15, 0.2) is 10.1 Å². The van der Waals surface area contributed by atoms with E-state index in [9.17, 15) is 4.79 Å². The molecule has 0 radical (unpaired) electrons. The summed E-state index contributed by atoms with van der Waals surface area (Å²) in [7, 11) is 0. The minimum absolute atomic E-state index is 0.0548. The average molecular weight is 242 g/mol. The van der Waals surface area contributed by atoms with Crippen LogP contribution < -0.4 is 0 Å². The minimum Gasteiger partial charge on any atom is -0.286 e. The predicted octanol–water partition coefficient (Wildman–Crippen LogP) is 1.71. The van der Waals surface area contributed by atoms with Crippen molar-refractivity contribution in [3.63, 3.8) is 0 Å². The smallest absolute Gasteiger partial charge is 0.255 e. The number of hydrogen-bond donors (Lipinski definition) is 1. The van der Waals surface area contributed by atoms with E-state index in [-0.39, 0.29) is 18.2 Å². The molecule has 1 N–H and O–H groups in total. The topological polar surface area (TPSA) is 68.9 Å². The highest BCUT2D eigenvalue weighted by molar-refractivity contribution is 8.45. The maximum Gasteiger partial charge on any atom is 0.255 e. The minimum atomic E-state index is -0.254. The molecule has 2 aliphatic rings. The second-order valence-corrected chi connectivity index (χ2v) is 5.34. The van der Waals surface area contributed by atoms with Crippen molar-refractivity contribution in [3.05, 3.63) is 0 Å². The van der Waals surface area contributed by atoms with Crippen LogP contribution >= 0.6 is 23.5 Å². The van der Waals surface area contributed by atoms with Crippen molar-refractivity contribution < 1.29 is 4.79 Å². The van der Waals surface area contributed by atoms with Crippen molar-refractivity contribution in [1.82, 2.24) is 5.01 Å². The number of rotatable bonds is 2. The summed E-state index contributed by atoms with van der Waals surface area (Å²) in [6, 6.07) is 0. The number of nitrogens with one attached hydrogen (secondary N) is 1.